The number of carbonyl (C=O) groups excluding carboxylic acids is 1. The van der Waals surface area contributed by atoms with Crippen molar-refractivity contribution in [3.63, 3.8) is 0 Å². The smallest absolute Gasteiger partial charge is 0.308 e. The van der Waals surface area contributed by atoms with Crippen LogP contribution in [0.25, 0.3) is 0 Å². The zero-order valence-electron chi connectivity index (χ0n) is 32.8. The van der Waals surface area contributed by atoms with Crippen LogP contribution >= 0.6 is 0 Å². The molecule has 2 unspecified atom stereocenters. The fraction of sp³-hybridized carbons (Fsp3) is 0.952. The van der Waals surface area contributed by atoms with Crippen LogP contribution in [0.15, 0.2) is 0 Å². The monoisotopic (exact) mass is 681 g/mol. The van der Waals surface area contributed by atoms with Crippen molar-refractivity contribution in [2.75, 3.05) is 39.5 Å². The van der Waals surface area contributed by atoms with E-state index in [4.69, 9.17) is 14.9 Å². The normalized spacial score (nSPS) is 12.8. The maximum Gasteiger partial charge on any atom is 0.308 e. The Balaban J connectivity index is 4.40. The molecule has 0 aromatic heterocycles. The molecule has 0 aliphatic carbocycles. The highest BCUT2D eigenvalue weighted by Gasteiger charge is 2.19. The van der Waals surface area contributed by atoms with Crippen molar-refractivity contribution in [3.05, 3.63) is 0 Å². The fourth-order valence-corrected chi connectivity index (χ4v) is 6.71. The minimum atomic E-state index is 0.0213. The lowest BCUT2D eigenvalue weighted by molar-refractivity contribution is -0.149. The number of nitrogens with one attached hydrogen (secondary N) is 1. The zero-order valence-corrected chi connectivity index (χ0v) is 32.8. The van der Waals surface area contributed by atoms with E-state index in [1.807, 2.05) is 0 Å². The van der Waals surface area contributed by atoms with Crippen LogP contribution in [-0.2, 0) is 14.3 Å². The lowest BCUT2D eigenvalue weighted by atomic mass is 9.94. The van der Waals surface area contributed by atoms with Crippen LogP contribution in [-0.4, -0.2) is 61.3 Å². The summed E-state index contributed by atoms with van der Waals surface area (Å²) in [5.41, 5.74) is 0. The van der Waals surface area contributed by atoms with Crippen LogP contribution in [0.1, 0.15) is 207 Å². The molecule has 0 saturated heterocycles. The molecule has 286 valence electrons. The number of esters is 1. The number of hydrogen-bond donors (Lipinski definition) is 2. The molecule has 2 N–H and O–H groups in total. The van der Waals surface area contributed by atoms with Crippen molar-refractivity contribution >= 4 is 11.9 Å². The second-order valence-electron chi connectivity index (χ2n) is 14.6. The average molecular weight is 681 g/mol. The topological polar surface area (TPSA) is 82.8 Å². The highest BCUT2D eigenvalue weighted by Crippen LogP contribution is 2.22. The van der Waals surface area contributed by atoms with Gasteiger partial charge in [-0.05, 0) is 64.5 Å². The summed E-state index contributed by atoms with van der Waals surface area (Å²) in [4.78, 5) is 15.3. The van der Waals surface area contributed by atoms with Crippen LogP contribution in [0.3, 0.4) is 0 Å². The van der Waals surface area contributed by atoms with Crippen LogP contribution < -0.4 is 0 Å². The number of hydrogen-bond acceptors (Lipinski definition) is 6. The van der Waals surface area contributed by atoms with Gasteiger partial charge in [-0.2, -0.15) is 0 Å². The van der Waals surface area contributed by atoms with Crippen LogP contribution in [0.4, 0.5) is 0 Å². The maximum absolute atomic E-state index is 13.0. The van der Waals surface area contributed by atoms with E-state index in [1.165, 1.54) is 116 Å². The van der Waals surface area contributed by atoms with Gasteiger partial charge in [0.15, 0.2) is 5.90 Å². The molecule has 0 amide bonds. The molecule has 0 aliphatic rings. The van der Waals surface area contributed by atoms with E-state index < -0.39 is 0 Å². The largest absolute Gasteiger partial charge is 0.481 e. The highest BCUT2D eigenvalue weighted by molar-refractivity contribution is 5.75. The van der Waals surface area contributed by atoms with E-state index >= 15 is 0 Å². The lowest BCUT2D eigenvalue weighted by Gasteiger charge is -2.22. The van der Waals surface area contributed by atoms with Crippen molar-refractivity contribution in [2.45, 2.75) is 207 Å². The van der Waals surface area contributed by atoms with Gasteiger partial charge in [-0.25, -0.2) is 0 Å². The Morgan fingerprint density at radius 2 is 0.875 bits per heavy atom. The van der Waals surface area contributed by atoms with Gasteiger partial charge in [0.05, 0.1) is 25.7 Å². The summed E-state index contributed by atoms with van der Waals surface area (Å²) in [7, 11) is 0. The first-order chi connectivity index (χ1) is 23.5. The average Bonchev–Trinajstić information content (AvgIpc) is 3.08. The number of aliphatic hydroxyl groups is 1. The molecule has 48 heavy (non-hydrogen) atoms. The Morgan fingerprint density at radius 3 is 1.31 bits per heavy atom. The molecular weight excluding hydrogens is 596 g/mol. The maximum atomic E-state index is 13.0. The number of aliphatic hydroxyl groups excluding tert-OH is 1. The first-order valence-electron chi connectivity index (χ1n) is 21.2. The molecule has 0 rings (SSSR count). The van der Waals surface area contributed by atoms with Crippen molar-refractivity contribution in [1.82, 2.24) is 4.90 Å². The van der Waals surface area contributed by atoms with Crippen molar-refractivity contribution < 1.29 is 19.4 Å². The number of nitrogens with zero attached hydrogens (tertiary/aromatic N) is 1. The van der Waals surface area contributed by atoms with Crippen LogP contribution in [0, 0.1) is 17.2 Å². The van der Waals surface area contributed by atoms with Crippen LogP contribution in [0.5, 0.6) is 0 Å². The Kier molecular flexibility index (Phi) is 36.2. The quantitative estimate of drug-likeness (QED) is 0.0293. The molecule has 0 bridgehead atoms. The Hall–Kier alpha value is -1.14. The first-order valence-corrected chi connectivity index (χ1v) is 21.2. The predicted octanol–water partition coefficient (Wildman–Crippen LogP) is 12.1. The Bertz CT molecular complexity index is 635. The molecule has 6 nitrogen and oxygen atoms in total. The van der Waals surface area contributed by atoms with Crippen molar-refractivity contribution in [1.29, 1.82) is 5.41 Å². The van der Waals surface area contributed by atoms with E-state index in [0.717, 1.165) is 77.3 Å². The van der Waals surface area contributed by atoms with Gasteiger partial charge in [-0.3, -0.25) is 10.2 Å². The van der Waals surface area contributed by atoms with E-state index in [2.05, 4.69) is 32.6 Å². The molecule has 0 spiro atoms. The minimum absolute atomic E-state index is 0.0213. The van der Waals surface area contributed by atoms with Gasteiger partial charge >= 0.3 is 5.97 Å². The van der Waals surface area contributed by atoms with Crippen LogP contribution in [0.2, 0.25) is 0 Å². The molecule has 0 fully saturated rings. The molecule has 0 heterocycles. The molecule has 0 aromatic rings. The zero-order chi connectivity index (χ0) is 35.3. The molecule has 0 aromatic carbocycles. The van der Waals surface area contributed by atoms with Gasteiger partial charge in [0.25, 0.3) is 0 Å². The molecule has 0 aliphatic heterocycles. The number of unbranched alkanes of at least 4 members (excludes halogenated alkanes) is 18. The van der Waals surface area contributed by atoms with Gasteiger partial charge in [0, 0.05) is 12.5 Å². The predicted molar refractivity (Wildman–Crippen MR) is 207 cm³/mol. The Morgan fingerprint density at radius 1 is 0.500 bits per heavy atom. The molecule has 6 heteroatoms. The summed E-state index contributed by atoms with van der Waals surface area (Å²) in [5.74, 6) is 0.874. The number of ether oxygens (including phenoxy) is 2. The molecule has 0 saturated carbocycles. The second kappa shape index (κ2) is 37.1. The third-order valence-electron chi connectivity index (χ3n) is 9.98. The van der Waals surface area contributed by atoms with Gasteiger partial charge < -0.3 is 19.5 Å². The fourth-order valence-electron chi connectivity index (χ4n) is 6.71. The van der Waals surface area contributed by atoms with E-state index in [1.54, 1.807) is 0 Å². The van der Waals surface area contributed by atoms with E-state index in [9.17, 15) is 9.90 Å². The summed E-state index contributed by atoms with van der Waals surface area (Å²) >= 11 is 0. The third kappa shape index (κ3) is 29.7. The number of carbonyl (C=O) groups is 1. The van der Waals surface area contributed by atoms with Gasteiger partial charge in [-0.1, -0.05) is 156 Å². The van der Waals surface area contributed by atoms with E-state index in [-0.39, 0.29) is 24.4 Å². The van der Waals surface area contributed by atoms with Crippen molar-refractivity contribution in [2.24, 2.45) is 11.8 Å². The summed E-state index contributed by atoms with van der Waals surface area (Å²) in [6.07, 6.45) is 33.0. The van der Waals surface area contributed by atoms with Gasteiger partial charge in [-0.15, -0.1) is 0 Å². The second-order valence-corrected chi connectivity index (χ2v) is 14.6. The van der Waals surface area contributed by atoms with E-state index in [0.29, 0.717) is 25.7 Å². The summed E-state index contributed by atoms with van der Waals surface area (Å²) in [6.45, 7) is 12.8. The molecule has 0 radical (unpaired) electrons. The summed E-state index contributed by atoms with van der Waals surface area (Å²) in [5, 5.41) is 18.3. The standard InChI is InChI=1S/C42H84N2O4/c1-5-9-13-17-19-23-30-39(29-21-15-11-7-3)41(43)47-37-27-25-33-44(35-36-45)34-26-28-38-48-42(46)40(31-22-16-12-8-4)32-24-20-18-14-10-6-2/h39-40,43,45H,5-38H2,1-4H3. The third-order valence-corrected chi connectivity index (χ3v) is 9.98. The van der Waals surface area contributed by atoms with Gasteiger partial charge in [0.2, 0.25) is 0 Å². The molecule has 2 atom stereocenters. The summed E-state index contributed by atoms with van der Waals surface area (Å²) < 4.78 is 11.8. The SMILES string of the molecule is CCCCCCCCC(CCCCCC)C(=N)OCCCCN(CCO)CCCCOC(=O)C(CCCCCC)CCCCCCCC. The number of rotatable bonds is 38. The molecular formula is C42H84N2O4. The Labute approximate surface area is 299 Å². The van der Waals surface area contributed by atoms with Gasteiger partial charge in [0.1, 0.15) is 0 Å². The lowest BCUT2D eigenvalue weighted by Crippen LogP contribution is -2.29. The summed E-state index contributed by atoms with van der Waals surface area (Å²) in [6, 6.07) is 0. The highest BCUT2D eigenvalue weighted by atomic mass is 16.5. The first kappa shape index (κ1) is 46.9. The minimum Gasteiger partial charge on any atom is -0.481 e. The van der Waals surface area contributed by atoms with Crippen molar-refractivity contribution in [3.8, 4) is 0 Å².